The molecule has 0 aromatic heterocycles. The van der Waals surface area contributed by atoms with Crippen molar-refractivity contribution < 1.29 is 9.90 Å². The fourth-order valence-corrected chi connectivity index (χ4v) is 2.23. The van der Waals surface area contributed by atoms with E-state index in [1.807, 2.05) is 4.90 Å². The van der Waals surface area contributed by atoms with Gasteiger partial charge in [-0.25, -0.2) is 0 Å². The Balaban J connectivity index is 4.65. The van der Waals surface area contributed by atoms with E-state index in [-0.39, 0.29) is 11.8 Å². The van der Waals surface area contributed by atoms with Gasteiger partial charge in [0.25, 0.3) is 0 Å². The molecule has 1 amide bonds. The minimum Gasteiger partial charge on any atom is -0.378 e. The van der Waals surface area contributed by atoms with Crippen LogP contribution in [-0.2, 0) is 4.79 Å². The fraction of sp³-hybridized carbons (Fsp3) is 0.929. The van der Waals surface area contributed by atoms with Crippen molar-refractivity contribution in [1.29, 1.82) is 0 Å². The molecule has 0 rings (SSSR count). The molecule has 0 aliphatic heterocycles. The predicted molar refractivity (Wildman–Crippen MR) is 75.2 cm³/mol. The molecule has 0 aromatic rings. The summed E-state index contributed by atoms with van der Waals surface area (Å²) in [6, 6.07) is 0. The first-order valence-corrected chi connectivity index (χ1v) is 7.25. The number of aliphatic hydroxyl groups is 1. The van der Waals surface area contributed by atoms with E-state index >= 15 is 0 Å². The van der Waals surface area contributed by atoms with Crippen LogP contribution in [0, 0.1) is 5.92 Å². The number of unbranched alkanes of at least 4 members (excludes halogenated alkanes) is 1. The molecule has 4 nitrogen and oxygen atoms in total. The Morgan fingerprint density at radius 3 is 2.11 bits per heavy atom. The van der Waals surface area contributed by atoms with Gasteiger partial charge in [-0.05, 0) is 19.3 Å². The molecule has 0 heterocycles. The first-order chi connectivity index (χ1) is 8.62. The van der Waals surface area contributed by atoms with Crippen LogP contribution in [0.25, 0.3) is 0 Å². The molecular formula is C14H30N2O2. The molecule has 2 N–H and O–H groups in total. The Hall–Kier alpha value is -0.610. The quantitative estimate of drug-likeness (QED) is 0.589. The third-order valence-electron chi connectivity index (χ3n) is 3.21. The average molecular weight is 258 g/mol. The minimum absolute atomic E-state index is 0.0480. The van der Waals surface area contributed by atoms with Crippen molar-refractivity contribution in [3.05, 3.63) is 0 Å². The van der Waals surface area contributed by atoms with Crippen LogP contribution in [0.1, 0.15) is 52.9 Å². The molecule has 2 unspecified atom stereocenters. The molecule has 0 saturated carbocycles. The number of nitrogens with one attached hydrogen (secondary N) is 1. The van der Waals surface area contributed by atoms with E-state index in [9.17, 15) is 9.90 Å². The van der Waals surface area contributed by atoms with Crippen LogP contribution >= 0.6 is 0 Å². The van der Waals surface area contributed by atoms with E-state index in [1.165, 1.54) is 0 Å². The van der Waals surface area contributed by atoms with Gasteiger partial charge in [0.1, 0.15) is 6.23 Å². The standard InChI is InChI=1S/C14H30N2O2/c1-5-8-9-12(13(17)15-4)14(18)16(10-6-2)11-7-3/h12,14,18H,5-11H2,1-4H3,(H,15,17). The van der Waals surface area contributed by atoms with Crippen LogP contribution in [0.3, 0.4) is 0 Å². The third kappa shape index (κ3) is 5.83. The molecule has 4 heteroatoms. The summed E-state index contributed by atoms with van der Waals surface area (Å²) in [4.78, 5) is 13.9. The van der Waals surface area contributed by atoms with E-state index in [0.717, 1.165) is 45.2 Å². The largest absolute Gasteiger partial charge is 0.378 e. The van der Waals surface area contributed by atoms with Gasteiger partial charge in [-0.15, -0.1) is 0 Å². The van der Waals surface area contributed by atoms with E-state index in [0.29, 0.717) is 0 Å². The minimum atomic E-state index is -0.656. The van der Waals surface area contributed by atoms with Crippen molar-refractivity contribution in [2.45, 2.75) is 59.1 Å². The van der Waals surface area contributed by atoms with Crippen molar-refractivity contribution in [1.82, 2.24) is 10.2 Å². The lowest BCUT2D eigenvalue weighted by molar-refractivity contribution is -0.135. The molecular weight excluding hydrogens is 228 g/mol. The van der Waals surface area contributed by atoms with Crippen molar-refractivity contribution in [3.63, 3.8) is 0 Å². The maximum atomic E-state index is 11.9. The Morgan fingerprint density at radius 1 is 1.17 bits per heavy atom. The predicted octanol–water partition coefficient (Wildman–Crippen LogP) is 1.98. The van der Waals surface area contributed by atoms with Gasteiger partial charge in [-0.1, -0.05) is 33.6 Å². The molecule has 0 aliphatic carbocycles. The number of hydrogen-bond acceptors (Lipinski definition) is 3. The lowest BCUT2D eigenvalue weighted by Gasteiger charge is -2.32. The maximum Gasteiger partial charge on any atom is 0.226 e. The number of amides is 1. The number of carbonyl (C=O) groups is 1. The molecule has 0 saturated heterocycles. The molecule has 108 valence electrons. The van der Waals surface area contributed by atoms with Gasteiger partial charge in [-0.2, -0.15) is 0 Å². The van der Waals surface area contributed by atoms with Crippen molar-refractivity contribution in [3.8, 4) is 0 Å². The SMILES string of the molecule is CCCCC(C(=O)NC)C(O)N(CCC)CCC. The summed E-state index contributed by atoms with van der Waals surface area (Å²) in [6.07, 6.45) is 4.09. The van der Waals surface area contributed by atoms with Gasteiger partial charge < -0.3 is 10.4 Å². The van der Waals surface area contributed by atoms with Crippen LogP contribution < -0.4 is 5.32 Å². The van der Waals surface area contributed by atoms with Gasteiger partial charge >= 0.3 is 0 Å². The van der Waals surface area contributed by atoms with Crippen LogP contribution in [0.15, 0.2) is 0 Å². The summed E-state index contributed by atoms with van der Waals surface area (Å²) in [7, 11) is 1.64. The summed E-state index contributed by atoms with van der Waals surface area (Å²) < 4.78 is 0. The highest BCUT2D eigenvalue weighted by Crippen LogP contribution is 2.17. The summed E-state index contributed by atoms with van der Waals surface area (Å²) >= 11 is 0. The molecule has 0 spiro atoms. The topological polar surface area (TPSA) is 52.6 Å². The first-order valence-electron chi connectivity index (χ1n) is 7.25. The van der Waals surface area contributed by atoms with Crippen molar-refractivity contribution in [2.24, 2.45) is 5.92 Å². The Morgan fingerprint density at radius 2 is 1.72 bits per heavy atom. The number of carbonyl (C=O) groups excluding carboxylic acids is 1. The zero-order chi connectivity index (χ0) is 14.0. The fourth-order valence-electron chi connectivity index (χ4n) is 2.23. The van der Waals surface area contributed by atoms with E-state index < -0.39 is 6.23 Å². The van der Waals surface area contributed by atoms with Crippen LogP contribution in [-0.4, -0.2) is 42.3 Å². The summed E-state index contributed by atoms with van der Waals surface area (Å²) in [5.74, 6) is -0.360. The summed E-state index contributed by atoms with van der Waals surface area (Å²) in [6.45, 7) is 7.97. The zero-order valence-corrected chi connectivity index (χ0v) is 12.4. The lowest BCUT2D eigenvalue weighted by atomic mass is 9.98. The lowest BCUT2D eigenvalue weighted by Crippen LogP contribution is -2.47. The molecule has 0 aliphatic rings. The average Bonchev–Trinajstić information content (AvgIpc) is 2.38. The van der Waals surface area contributed by atoms with Crippen LogP contribution in [0.2, 0.25) is 0 Å². The zero-order valence-electron chi connectivity index (χ0n) is 12.4. The highest BCUT2D eigenvalue weighted by atomic mass is 16.3. The Kier molecular flexibility index (Phi) is 9.98. The summed E-state index contributed by atoms with van der Waals surface area (Å²) in [5.41, 5.74) is 0. The monoisotopic (exact) mass is 258 g/mol. The van der Waals surface area contributed by atoms with Gasteiger partial charge in [0.05, 0.1) is 5.92 Å². The third-order valence-corrected chi connectivity index (χ3v) is 3.21. The van der Waals surface area contributed by atoms with E-state index in [4.69, 9.17) is 0 Å². The van der Waals surface area contributed by atoms with Gasteiger partial charge in [0.15, 0.2) is 0 Å². The van der Waals surface area contributed by atoms with E-state index in [1.54, 1.807) is 7.05 Å². The highest BCUT2D eigenvalue weighted by Gasteiger charge is 2.29. The van der Waals surface area contributed by atoms with Crippen molar-refractivity contribution in [2.75, 3.05) is 20.1 Å². The number of rotatable bonds is 10. The molecule has 0 radical (unpaired) electrons. The van der Waals surface area contributed by atoms with Gasteiger partial charge in [0, 0.05) is 20.1 Å². The van der Waals surface area contributed by atoms with Gasteiger partial charge in [0.2, 0.25) is 5.91 Å². The normalized spacial score (nSPS) is 14.6. The molecule has 0 bridgehead atoms. The van der Waals surface area contributed by atoms with Crippen LogP contribution in [0.4, 0.5) is 0 Å². The summed E-state index contributed by atoms with van der Waals surface area (Å²) in [5, 5.41) is 13.1. The molecule has 2 atom stereocenters. The maximum absolute atomic E-state index is 11.9. The highest BCUT2D eigenvalue weighted by molar-refractivity contribution is 5.78. The number of aliphatic hydroxyl groups excluding tert-OH is 1. The second kappa shape index (κ2) is 10.3. The number of hydrogen-bond donors (Lipinski definition) is 2. The van der Waals surface area contributed by atoms with Gasteiger partial charge in [-0.3, -0.25) is 9.69 Å². The van der Waals surface area contributed by atoms with Crippen LogP contribution in [0.5, 0.6) is 0 Å². The second-order valence-electron chi connectivity index (χ2n) is 4.81. The molecule has 0 fully saturated rings. The Labute approximate surface area is 112 Å². The molecule has 18 heavy (non-hydrogen) atoms. The smallest absolute Gasteiger partial charge is 0.226 e. The number of nitrogens with zero attached hydrogens (tertiary/aromatic N) is 1. The second-order valence-corrected chi connectivity index (χ2v) is 4.81. The molecule has 0 aromatic carbocycles. The Bertz CT molecular complexity index is 216. The first kappa shape index (κ1) is 17.4. The van der Waals surface area contributed by atoms with E-state index in [2.05, 4.69) is 26.1 Å². The van der Waals surface area contributed by atoms with Crippen molar-refractivity contribution >= 4 is 5.91 Å².